The standard InChI is InChI=1S/C19H22N2O2S/c1-4-6-14(2)21-17(18-7-5-12-23-18)13-24-19(21)20-15-8-10-16(22-3)11-9-15/h5,7-14H,4,6H2,1-3H3. The van der Waals surface area contributed by atoms with E-state index < -0.39 is 0 Å². The molecule has 126 valence electrons. The van der Waals surface area contributed by atoms with Crippen molar-refractivity contribution in [1.29, 1.82) is 0 Å². The summed E-state index contributed by atoms with van der Waals surface area (Å²) in [4.78, 5) is 5.81. The topological polar surface area (TPSA) is 39.7 Å². The second-order valence-electron chi connectivity index (χ2n) is 5.70. The number of benzene rings is 1. The highest BCUT2D eigenvalue weighted by Gasteiger charge is 2.15. The average Bonchev–Trinajstić information content (AvgIpc) is 3.25. The third-order valence-electron chi connectivity index (χ3n) is 3.96. The monoisotopic (exact) mass is 342 g/mol. The molecule has 5 heteroatoms. The van der Waals surface area contributed by atoms with Crippen LogP contribution in [0.3, 0.4) is 0 Å². The Balaban J connectivity index is 2.07. The van der Waals surface area contributed by atoms with Crippen molar-refractivity contribution in [3.05, 3.63) is 52.8 Å². The first-order valence-corrected chi connectivity index (χ1v) is 9.03. The quantitative estimate of drug-likeness (QED) is 0.601. The smallest absolute Gasteiger partial charge is 0.190 e. The van der Waals surface area contributed by atoms with Gasteiger partial charge in [0.15, 0.2) is 10.6 Å². The van der Waals surface area contributed by atoms with Gasteiger partial charge in [-0.3, -0.25) is 0 Å². The number of aromatic nitrogens is 1. The van der Waals surface area contributed by atoms with Crippen molar-refractivity contribution in [2.45, 2.75) is 32.7 Å². The van der Waals surface area contributed by atoms with Crippen molar-refractivity contribution in [1.82, 2.24) is 4.57 Å². The van der Waals surface area contributed by atoms with E-state index in [2.05, 4.69) is 23.8 Å². The molecule has 3 aromatic rings. The Labute approximate surface area is 146 Å². The number of furan rings is 1. The van der Waals surface area contributed by atoms with Gasteiger partial charge in [-0.25, -0.2) is 4.99 Å². The van der Waals surface area contributed by atoms with E-state index in [0.717, 1.165) is 40.5 Å². The number of nitrogens with zero attached hydrogens (tertiary/aromatic N) is 2. The minimum Gasteiger partial charge on any atom is -0.497 e. The van der Waals surface area contributed by atoms with Gasteiger partial charge in [-0.15, -0.1) is 11.3 Å². The second kappa shape index (κ2) is 7.53. The molecule has 0 fully saturated rings. The first-order valence-electron chi connectivity index (χ1n) is 8.15. The Morgan fingerprint density at radius 2 is 2.04 bits per heavy atom. The van der Waals surface area contributed by atoms with Crippen LogP contribution < -0.4 is 9.54 Å². The summed E-state index contributed by atoms with van der Waals surface area (Å²) in [6.45, 7) is 4.44. The lowest BCUT2D eigenvalue weighted by Gasteiger charge is -2.15. The van der Waals surface area contributed by atoms with E-state index in [-0.39, 0.29) is 0 Å². The number of hydrogen-bond donors (Lipinski definition) is 0. The molecule has 0 radical (unpaired) electrons. The van der Waals surface area contributed by atoms with E-state index in [9.17, 15) is 0 Å². The molecule has 0 bridgehead atoms. The zero-order valence-corrected chi connectivity index (χ0v) is 15.0. The van der Waals surface area contributed by atoms with Gasteiger partial charge in [0.2, 0.25) is 0 Å². The zero-order chi connectivity index (χ0) is 16.9. The summed E-state index contributed by atoms with van der Waals surface area (Å²) in [7, 11) is 1.67. The van der Waals surface area contributed by atoms with E-state index in [1.54, 1.807) is 24.7 Å². The molecule has 0 aliphatic heterocycles. The van der Waals surface area contributed by atoms with Crippen LogP contribution >= 0.6 is 11.3 Å². The summed E-state index contributed by atoms with van der Waals surface area (Å²) in [6.07, 6.45) is 3.94. The third kappa shape index (κ3) is 3.46. The molecule has 4 nitrogen and oxygen atoms in total. The first-order chi connectivity index (χ1) is 11.7. The molecule has 0 N–H and O–H groups in total. The Kier molecular flexibility index (Phi) is 5.20. The fourth-order valence-corrected chi connectivity index (χ4v) is 3.74. The molecule has 1 aromatic carbocycles. The molecule has 2 aromatic heterocycles. The van der Waals surface area contributed by atoms with Crippen molar-refractivity contribution in [2.24, 2.45) is 4.99 Å². The lowest BCUT2D eigenvalue weighted by Crippen LogP contribution is -2.19. The van der Waals surface area contributed by atoms with Crippen molar-refractivity contribution in [3.63, 3.8) is 0 Å². The van der Waals surface area contributed by atoms with Crippen LogP contribution in [0.1, 0.15) is 32.7 Å². The molecular formula is C19H22N2O2S. The highest BCUT2D eigenvalue weighted by Crippen LogP contribution is 2.26. The van der Waals surface area contributed by atoms with Crippen molar-refractivity contribution in [3.8, 4) is 17.2 Å². The molecule has 1 atom stereocenters. The summed E-state index contributed by atoms with van der Waals surface area (Å²) in [5, 5.41) is 2.12. The minimum atomic E-state index is 0.360. The number of methoxy groups -OCH3 is 1. The predicted molar refractivity (Wildman–Crippen MR) is 97.8 cm³/mol. The van der Waals surface area contributed by atoms with Crippen LogP contribution in [0, 0.1) is 0 Å². The predicted octanol–water partition coefficient (Wildman–Crippen LogP) is 5.41. The average molecular weight is 342 g/mol. The minimum absolute atomic E-state index is 0.360. The van der Waals surface area contributed by atoms with E-state index >= 15 is 0 Å². The maximum absolute atomic E-state index is 5.61. The molecule has 24 heavy (non-hydrogen) atoms. The van der Waals surface area contributed by atoms with Gasteiger partial charge in [-0.1, -0.05) is 13.3 Å². The van der Waals surface area contributed by atoms with E-state index in [1.165, 1.54) is 0 Å². The largest absolute Gasteiger partial charge is 0.497 e. The van der Waals surface area contributed by atoms with Crippen LogP contribution in [0.15, 0.2) is 57.5 Å². The maximum atomic E-state index is 5.61. The summed E-state index contributed by atoms with van der Waals surface area (Å²) in [6, 6.07) is 12.1. The summed E-state index contributed by atoms with van der Waals surface area (Å²) in [5.41, 5.74) is 2.00. The first kappa shape index (κ1) is 16.6. The van der Waals surface area contributed by atoms with Crippen LogP contribution in [0.2, 0.25) is 0 Å². The molecule has 0 saturated carbocycles. The molecular weight excluding hydrogens is 320 g/mol. The van der Waals surface area contributed by atoms with Crippen molar-refractivity contribution < 1.29 is 9.15 Å². The van der Waals surface area contributed by atoms with Gasteiger partial charge >= 0.3 is 0 Å². The summed E-state index contributed by atoms with van der Waals surface area (Å²) < 4.78 is 13.1. The molecule has 0 saturated heterocycles. The summed E-state index contributed by atoms with van der Waals surface area (Å²) >= 11 is 1.64. The molecule has 1 unspecified atom stereocenters. The SMILES string of the molecule is CCCC(C)n1c(-c2ccco2)csc1=Nc1ccc(OC)cc1. The second-order valence-corrected chi connectivity index (χ2v) is 6.53. The van der Waals surface area contributed by atoms with Gasteiger partial charge < -0.3 is 13.7 Å². The van der Waals surface area contributed by atoms with Gasteiger partial charge in [0.1, 0.15) is 5.75 Å². The zero-order valence-electron chi connectivity index (χ0n) is 14.2. The van der Waals surface area contributed by atoms with Gasteiger partial charge in [-0.2, -0.15) is 0 Å². The lowest BCUT2D eigenvalue weighted by molar-refractivity contribution is 0.415. The Morgan fingerprint density at radius 1 is 1.25 bits per heavy atom. The van der Waals surface area contributed by atoms with E-state index in [0.29, 0.717) is 6.04 Å². The molecule has 2 heterocycles. The fourth-order valence-electron chi connectivity index (χ4n) is 2.75. The van der Waals surface area contributed by atoms with Crippen LogP contribution in [-0.4, -0.2) is 11.7 Å². The van der Waals surface area contributed by atoms with Crippen molar-refractivity contribution >= 4 is 17.0 Å². The van der Waals surface area contributed by atoms with Crippen LogP contribution in [0.4, 0.5) is 5.69 Å². The Morgan fingerprint density at radius 3 is 2.67 bits per heavy atom. The van der Waals surface area contributed by atoms with Gasteiger partial charge in [0.25, 0.3) is 0 Å². The normalized spacial score (nSPS) is 13.2. The highest BCUT2D eigenvalue weighted by atomic mass is 32.1. The van der Waals surface area contributed by atoms with E-state index in [4.69, 9.17) is 14.1 Å². The number of hydrogen-bond acceptors (Lipinski definition) is 4. The van der Waals surface area contributed by atoms with Gasteiger partial charge in [0, 0.05) is 11.4 Å². The summed E-state index contributed by atoms with van der Waals surface area (Å²) in [5.74, 6) is 1.72. The van der Waals surface area contributed by atoms with Crippen molar-refractivity contribution in [2.75, 3.05) is 7.11 Å². The van der Waals surface area contributed by atoms with E-state index in [1.807, 2.05) is 36.4 Å². The highest BCUT2D eigenvalue weighted by molar-refractivity contribution is 7.07. The molecule has 0 amide bonds. The number of rotatable bonds is 6. The maximum Gasteiger partial charge on any atom is 0.190 e. The fraction of sp³-hybridized carbons (Fsp3) is 0.316. The van der Waals surface area contributed by atoms with Gasteiger partial charge in [0.05, 0.1) is 24.8 Å². The number of thiazole rings is 1. The third-order valence-corrected chi connectivity index (χ3v) is 4.80. The molecule has 0 aliphatic carbocycles. The molecule has 0 spiro atoms. The lowest BCUT2D eigenvalue weighted by atomic mass is 10.2. The molecule has 0 aliphatic rings. The molecule has 3 rings (SSSR count). The number of ether oxygens (including phenoxy) is 1. The Bertz CT molecular complexity index is 829. The van der Waals surface area contributed by atoms with Gasteiger partial charge in [-0.05, 0) is 49.7 Å². The van der Waals surface area contributed by atoms with Crippen LogP contribution in [-0.2, 0) is 0 Å². The Hall–Kier alpha value is -2.27. The van der Waals surface area contributed by atoms with Crippen LogP contribution in [0.25, 0.3) is 11.5 Å². The van der Waals surface area contributed by atoms with Crippen LogP contribution in [0.5, 0.6) is 5.75 Å².